The van der Waals surface area contributed by atoms with Crippen LogP contribution in [0.15, 0.2) is 53.6 Å². The lowest BCUT2D eigenvalue weighted by Gasteiger charge is -2.06. The second kappa shape index (κ2) is 9.28. The fraction of sp³-hybridized carbons (Fsp3) is 0.200. The summed E-state index contributed by atoms with van der Waals surface area (Å²) in [5.41, 5.74) is 5.78. The maximum Gasteiger partial charge on any atom is 0.329 e. The summed E-state index contributed by atoms with van der Waals surface area (Å²) in [7, 11) is 0. The average Bonchev–Trinajstić information content (AvgIpc) is 2.61. The summed E-state index contributed by atoms with van der Waals surface area (Å²) in [4.78, 5) is 35.6. The molecule has 0 fully saturated rings. The summed E-state index contributed by atoms with van der Waals surface area (Å²) < 4.78 is 0. The van der Waals surface area contributed by atoms with E-state index in [1.807, 2.05) is 32.0 Å². The fourth-order valence-electron chi connectivity index (χ4n) is 2.22. The molecule has 2 aromatic rings. The van der Waals surface area contributed by atoms with E-state index in [0.717, 1.165) is 11.1 Å². The van der Waals surface area contributed by atoms with Gasteiger partial charge < -0.3 is 10.6 Å². The third kappa shape index (κ3) is 6.74. The Bertz CT molecular complexity index is 873. The van der Waals surface area contributed by atoms with Gasteiger partial charge in [0.1, 0.15) is 0 Å². The number of carbonyl (C=O) groups excluding carboxylic acids is 3. The number of anilines is 2. The van der Waals surface area contributed by atoms with Gasteiger partial charge in [0.05, 0.1) is 6.42 Å². The zero-order valence-corrected chi connectivity index (χ0v) is 15.5. The van der Waals surface area contributed by atoms with Crippen molar-refractivity contribution in [2.45, 2.75) is 27.2 Å². The lowest BCUT2D eigenvalue weighted by atomic mass is 10.2. The number of amides is 3. The number of benzene rings is 2. The van der Waals surface area contributed by atoms with Crippen LogP contribution in [0.4, 0.5) is 11.4 Å². The summed E-state index contributed by atoms with van der Waals surface area (Å²) in [6.45, 7) is 5.43. The van der Waals surface area contributed by atoms with Crippen molar-refractivity contribution in [2.75, 3.05) is 10.6 Å². The van der Waals surface area contributed by atoms with E-state index in [0.29, 0.717) is 17.1 Å². The number of nitrogens with one attached hydrogen (secondary N) is 3. The monoisotopic (exact) mass is 366 g/mol. The van der Waals surface area contributed by atoms with Gasteiger partial charge in [0.25, 0.3) is 0 Å². The summed E-state index contributed by atoms with van der Waals surface area (Å²) in [5, 5.41) is 9.02. The molecule has 0 unspecified atom stereocenters. The molecule has 0 aliphatic rings. The first-order valence-corrected chi connectivity index (χ1v) is 8.41. The highest BCUT2D eigenvalue weighted by Crippen LogP contribution is 2.10. The lowest BCUT2D eigenvalue weighted by molar-refractivity contribution is -0.136. The molecule has 0 aromatic heterocycles. The van der Waals surface area contributed by atoms with Gasteiger partial charge in [-0.05, 0) is 50.6 Å². The Morgan fingerprint density at radius 1 is 0.852 bits per heavy atom. The van der Waals surface area contributed by atoms with Crippen LogP contribution in [0.3, 0.4) is 0 Å². The second-order valence-corrected chi connectivity index (χ2v) is 6.20. The Hall–Kier alpha value is -3.48. The van der Waals surface area contributed by atoms with Gasteiger partial charge in [0.2, 0.25) is 5.91 Å². The molecule has 7 heteroatoms. The molecular weight excluding hydrogens is 344 g/mol. The zero-order valence-electron chi connectivity index (χ0n) is 15.5. The van der Waals surface area contributed by atoms with Crippen molar-refractivity contribution >= 4 is 34.8 Å². The van der Waals surface area contributed by atoms with E-state index >= 15 is 0 Å². The first-order valence-electron chi connectivity index (χ1n) is 8.41. The SMILES string of the molecule is C/C(CC(=O)Nc1ccc(C)cc1)=N/NC(=O)C(=O)Nc1cccc(C)c1. The van der Waals surface area contributed by atoms with E-state index < -0.39 is 11.8 Å². The highest BCUT2D eigenvalue weighted by atomic mass is 16.2. The van der Waals surface area contributed by atoms with Crippen LogP contribution in [0.1, 0.15) is 24.5 Å². The number of hydrogen-bond acceptors (Lipinski definition) is 4. The topological polar surface area (TPSA) is 99.7 Å². The minimum atomic E-state index is -0.908. The summed E-state index contributed by atoms with van der Waals surface area (Å²) in [6.07, 6.45) is -0.00629. The number of carbonyl (C=O) groups is 3. The highest BCUT2D eigenvalue weighted by Gasteiger charge is 2.13. The van der Waals surface area contributed by atoms with Crippen molar-refractivity contribution < 1.29 is 14.4 Å². The Kier molecular flexibility index (Phi) is 6.82. The van der Waals surface area contributed by atoms with Crippen molar-refractivity contribution in [3.05, 3.63) is 59.7 Å². The molecule has 2 aromatic carbocycles. The van der Waals surface area contributed by atoms with E-state index in [9.17, 15) is 14.4 Å². The van der Waals surface area contributed by atoms with Crippen molar-refractivity contribution in [1.82, 2.24) is 5.43 Å². The van der Waals surface area contributed by atoms with Crippen LogP contribution < -0.4 is 16.1 Å². The molecule has 2 rings (SSSR count). The van der Waals surface area contributed by atoms with Gasteiger partial charge in [-0.1, -0.05) is 29.8 Å². The van der Waals surface area contributed by atoms with Crippen molar-refractivity contribution in [2.24, 2.45) is 5.10 Å². The molecule has 0 heterocycles. The minimum absolute atomic E-state index is 0.00629. The smallest absolute Gasteiger partial charge is 0.326 e. The van der Waals surface area contributed by atoms with Crippen molar-refractivity contribution in [3.8, 4) is 0 Å². The molecule has 0 bridgehead atoms. The van der Waals surface area contributed by atoms with Gasteiger partial charge in [0.15, 0.2) is 0 Å². The molecule has 0 saturated heterocycles. The molecule has 27 heavy (non-hydrogen) atoms. The van der Waals surface area contributed by atoms with Crippen LogP contribution in [-0.4, -0.2) is 23.4 Å². The third-order valence-electron chi connectivity index (χ3n) is 3.58. The van der Waals surface area contributed by atoms with Gasteiger partial charge in [-0.15, -0.1) is 0 Å². The molecule has 3 N–H and O–H groups in total. The number of hydrazone groups is 1. The minimum Gasteiger partial charge on any atom is -0.326 e. The third-order valence-corrected chi connectivity index (χ3v) is 3.58. The number of aryl methyl sites for hydroxylation is 2. The van der Waals surface area contributed by atoms with E-state index in [1.54, 1.807) is 37.3 Å². The first-order chi connectivity index (χ1) is 12.8. The molecule has 7 nitrogen and oxygen atoms in total. The van der Waals surface area contributed by atoms with Gasteiger partial charge in [0, 0.05) is 17.1 Å². The van der Waals surface area contributed by atoms with Crippen LogP contribution >= 0.6 is 0 Å². The number of hydrogen-bond donors (Lipinski definition) is 3. The predicted octanol–water partition coefficient (Wildman–Crippen LogP) is 2.76. The normalized spacial score (nSPS) is 10.9. The molecule has 0 radical (unpaired) electrons. The van der Waals surface area contributed by atoms with E-state index in [-0.39, 0.29) is 12.3 Å². The Labute approximate surface area is 157 Å². The molecule has 3 amide bonds. The average molecular weight is 366 g/mol. The molecule has 0 saturated carbocycles. The second-order valence-electron chi connectivity index (χ2n) is 6.20. The van der Waals surface area contributed by atoms with Crippen LogP contribution in [0, 0.1) is 13.8 Å². The molecule has 0 atom stereocenters. The molecule has 0 spiro atoms. The van der Waals surface area contributed by atoms with Crippen LogP contribution in [0.25, 0.3) is 0 Å². The molecule has 0 aliphatic carbocycles. The van der Waals surface area contributed by atoms with Crippen LogP contribution in [-0.2, 0) is 14.4 Å². The van der Waals surface area contributed by atoms with E-state index in [4.69, 9.17) is 0 Å². The zero-order chi connectivity index (χ0) is 19.8. The van der Waals surface area contributed by atoms with Gasteiger partial charge in [-0.2, -0.15) is 5.10 Å². The predicted molar refractivity (Wildman–Crippen MR) is 105 cm³/mol. The standard InChI is InChI=1S/C20H22N4O3/c1-13-7-9-16(10-8-13)21-18(25)12-15(3)23-24-20(27)19(26)22-17-6-4-5-14(2)11-17/h4-11H,12H2,1-3H3,(H,21,25)(H,22,26)(H,24,27)/b23-15-. The Morgan fingerprint density at radius 2 is 1.56 bits per heavy atom. The Balaban J connectivity index is 1.82. The van der Waals surface area contributed by atoms with Crippen molar-refractivity contribution in [3.63, 3.8) is 0 Å². The van der Waals surface area contributed by atoms with Gasteiger partial charge >= 0.3 is 11.8 Å². The van der Waals surface area contributed by atoms with E-state index in [2.05, 4.69) is 21.2 Å². The largest absolute Gasteiger partial charge is 0.329 e. The van der Waals surface area contributed by atoms with Crippen LogP contribution in [0.5, 0.6) is 0 Å². The molecule has 0 aliphatic heterocycles. The maximum absolute atomic E-state index is 12.0. The number of rotatable bonds is 5. The molecular formula is C20H22N4O3. The highest BCUT2D eigenvalue weighted by molar-refractivity contribution is 6.39. The number of nitrogens with zero attached hydrogens (tertiary/aromatic N) is 1. The van der Waals surface area contributed by atoms with Gasteiger partial charge in [-0.3, -0.25) is 14.4 Å². The molecule has 140 valence electrons. The van der Waals surface area contributed by atoms with Crippen LogP contribution in [0.2, 0.25) is 0 Å². The maximum atomic E-state index is 12.0. The summed E-state index contributed by atoms with van der Waals surface area (Å²) in [5.74, 6) is -2.00. The van der Waals surface area contributed by atoms with Crippen molar-refractivity contribution in [1.29, 1.82) is 0 Å². The fourth-order valence-corrected chi connectivity index (χ4v) is 2.22. The quantitative estimate of drug-likeness (QED) is 0.431. The van der Waals surface area contributed by atoms with E-state index in [1.165, 1.54) is 0 Å². The summed E-state index contributed by atoms with van der Waals surface area (Å²) >= 11 is 0. The summed E-state index contributed by atoms with van der Waals surface area (Å²) in [6, 6.07) is 14.5. The van der Waals surface area contributed by atoms with Gasteiger partial charge in [-0.25, -0.2) is 5.43 Å². The first kappa shape index (κ1) is 19.8. The lowest BCUT2D eigenvalue weighted by Crippen LogP contribution is -2.33. The Morgan fingerprint density at radius 3 is 2.22 bits per heavy atom.